The van der Waals surface area contributed by atoms with Crippen LogP contribution in [0.25, 0.3) is 0 Å². The molecule has 0 aliphatic heterocycles. The summed E-state index contributed by atoms with van der Waals surface area (Å²) in [6.07, 6.45) is 8.24. The minimum Gasteiger partial charge on any atom is -0.298 e. The standard InChI is InChI=1S/C10H10O/c1-2-7-5-10-8(6-11)3-4-9(7)10/h2-3,5-6,9H,4H2,1H3/b7-2-. The molecule has 0 spiro atoms. The molecule has 0 saturated heterocycles. The Kier molecular flexibility index (Phi) is 1.31. The van der Waals surface area contributed by atoms with Crippen molar-refractivity contribution >= 4 is 6.29 Å². The molecule has 0 aromatic carbocycles. The summed E-state index contributed by atoms with van der Waals surface area (Å²) in [6.45, 7) is 2.04. The van der Waals surface area contributed by atoms with Crippen LogP contribution in [0, 0.1) is 5.92 Å². The predicted molar refractivity (Wildman–Crippen MR) is 44.1 cm³/mol. The quantitative estimate of drug-likeness (QED) is 0.517. The summed E-state index contributed by atoms with van der Waals surface area (Å²) in [5, 5.41) is 0. The summed E-state index contributed by atoms with van der Waals surface area (Å²) >= 11 is 0. The number of allylic oxidation sites excluding steroid dienone is 6. The molecule has 11 heavy (non-hydrogen) atoms. The Hall–Kier alpha value is -1.11. The zero-order valence-electron chi connectivity index (χ0n) is 6.50. The number of carbonyl (C=O) groups excluding carboxylic acids is 1. The van der Waals surface area contributed by atoms with Crippen LogP contribution in [0.3, 0.4) is 0 Å². The Bertz CT molecular complexity index is 292. The van der Waals surface area contributed by atoms with Crippen LogP contribution in [0.2, 0.25) is 0 Å². The number of hydrogen-bond donors (Lipinski definition) is 0. The molecule has 0 aromatic heterocycles. The van der Waals surface area contributed by atoms with Gasteiger partial charge >= 0.3 is 0 Å². The Morgan fingerprint density at radius 3 is 3.09 bits per heavy atom. The average molecular weight is 146 g/mol. The lowest BCUT2D eigenvalue weighted by Crippen LogP contribution is -2.12. The van der Waals surface area contributed by atoms with E-state index in [2.05, 4.69) is 12.2 Å². The molecule has 0 radical (unpaired) electrons. The zero-order valence-corrected chi connectivity index (χ0v) is 6.50. The van der Waals surface area contributed by atoms with Gasteiger partial charge in [-0.1, -0.05) is 18.2 Å². The molecule has 2 aliphatic carbocycles. The van der Waals surface area contributed by atoms with E-state index in [0.717, 1.165) is 18.3 Å². The van der Waals surface area contributed by atoms with Crippen LogP contribution >= 0.6 is 0 Å². The smallest absolute Gasteiger partial charge is 0.150 e. The fourth-order valence-electron chi connectivity index (χ4n) is 1.77. The highest BCUT2D eigenvalue weighted by atomic mass is 16.1. The van der Waals surface area contributed by atoms with Crippen molar-refractivity contribution in [2.45, 2.75) is 13.3 Å². The van der Waals surface area contributed by atoms with E-state index in [9.17, 15) is 4.79 Å². The van der Waals surface area contributed by atoms with Gasteiger partial charge in [0.25, 0.3) is 0 Å². The van der Waals surface area contributed by atoms with E-state index in [1.807, 2.05) is 13.0 Å². The molecule has 2 aliphatic rings. The second kappa shape index (κ2) is 2.19. The van der Waals surface area contributed by atoms with Crippen LogP contribution in [0.4, 0.5) is 0 Å². The molecule has 1 heteroatoms. The Balaban J connectivity index is 2.32. The van der Waals surface area contributed by atoms with Crippen molar-refractivity contribution in [3.05, 3.63) is 34.9 Å². The predicted octanol–water partition coefficient (Wildman–Crippen LogP) is 2.02. The third kappa shape index (κ3) is 0.739. The fraction of sp³-hybridized carbons (Fsp3) is 0.300. The molecule has 0 bridgehead atoms. The first kappa shape index (κ1) is 6.59. The number of aldehydes is 1. The van der Waals surface area contributed by atoms with E-state index >= 15 is 0 Å². The highest BCUT2D eigenvalue weighted by Crippen LogP contribution is 2.44. The number of hydrogen-bond acceptors (Lipinski definition) is 1. The van der Waals surface area contributed by atoms with Crippen LogP contribution in [-0.4, -0.2) is 6.29 Å². The van der Waals surface area contributed by atoms with Gasteiger partial charge in [0.05, 0.1) is 0 Å². The summed E-state index contributed by atoms with van der Waals surface area (Å²) in [5.41, 5.74) is 3.53. The third-order valence-corrected chi connectivity index (χ3v) is 2.47. The molecule has 2 rings (SSSR count). The summed E-state index contributed by atoms with van der Waals surface area (Å²) in [4.78, 5) is 10.5. The zero-order chi connectivity index (χ0) is 7.84. The maximum atomic E-state index is 10.5. The van der Waals surface area contributed by atoms with Crippen LogP contribution in [0.1, 0.15) is 13.3 Å². The van der Waals surface area contributed by atoms with E-state index in [4.69, 9.17) is 0 Å². The lowest BCUT2D eigenvalue weighted by atomic mass is 9.79. The maximum Gasteiger partial charge on any atom is 0.150 e. The molecular weight excluding hydrogens is 136 g/mol. The lowest BCUT2D eigenvalue weighted by molar-refractivity contribution is -0.104. The lowest BCUT2D eigenvalue weighted by Gasteiger charge is -2.24. The molecule has 0 aromatic rings. The fourth-order valence-corrected chi connectivity index (χ4v) is 1.77. The van der Waals surface area contributed by atoms with E-state index in [1.165, 1.54) is 11.1 Å². The van der Waals surface area contributed by atoms with Gasteiger partial charge in [-0.3, -0.25) is 4.79 Å². The minimum absolute atomic E-state index is 0.556. The Morgan fingerprint density at radius 2 is 2.45 bits per heavy atom. The molecule has 0 fully saturated rings. The summed E-state index contributed by atoms with van der Waals surface area (Å²) in [6, 6.07) is 0. The van der Waals surface area contributed by atoms with Crippen molar-refractivity contribution in [2.75, 3.05) is 0 Å². The molecular formula is C10H10O. The summed E-state index contributed by atoms with van der Waals surface area (Å²) in [7, 11) is 0. The highest BCUT2D eigenvalue weighted by molar-refractivity contribution is 5.84. The molecule has 56 valence electrons. The van der Waals surface area contributed by atoms with Gasteiger partial charge in [-0.25, -0.2) is 0 Å². The van der Waals surface area contributed by atoms with E-state index in [1.54, 1.807) is 0 Å². The Labute approximate surface area is 66.1 Å². The molecule has 0 heterocycles. The summed E-state index contributed by atoms with van der Waals surface area (Å²) in [5.74, 6) is 0.556. The van der Waals surface area contributed by atoms with Crippen LogP contribution in [0.5, 0.6) is 0 Å². The van der Waals surface area contributed by atoms with E-state index in [0.29, 0.717) is 5.92 Å². The molecule has 0 amide bonds. The van der Waals surface area contributed by atoms with Gasteiger partial charge in [-0.05, 0) is 24.5 Å². The van der Waals surface area contributed by atoms with E-state index < -0.39 is 0 Å². The number of rotatable bonds is 1. The van der Waals surface area contributed by atoms with Crippen molar-refractivity contribution in [2.24, 2.45) is 5.92 Å². The average Bonchev–Trinajstić information content (AvgIpc) is 2.29. The van der Waals surface area contributed by atoms with Gasteiger partial charge in [0.15, 0.2) is 0 Å². The number of fused-ring (bicyclic) bond motifs is 1. The van der Waals surface area contributed by atoms with Crippen LogP contribution in [-0.2, 0) is 4.79 Å². The first-order valence-electron chi connectivity index (χ1n) is 3.90. The first-order chi connectivity index (χ1) is 5.36. The highest BCUT2D eigenvalue weighted by Gasteiger charge is 2.31. The van der Waals surface area contributed by atoms with Crippen molar-refractivity contribution < 1.29 is 4.79 Å². The monoisotopic (exact) mass is 146 g/mol. The van der Waals surface area contributed by atoms with Crippen molar-refractivity contribution in [3.63, 3.8) is 0 Å². The Morgan fingerprint density at radius 1 is 1.64 bits per heavy atom. The molecule has 1 unspecified atom stereocenters. The largest absolute Gasteiger partial charge is 0.298 e. The second-order valence-electron chi connectivity index (χ2n) is 2.95. The van der Waals surface area contributed by atoms with Gasteiger partial charge in [0.1, 0.15) is 6.29 Å². The SMILES string of the molecule is C/C=C1/C=C2C(C=O)=CCC21. The van der Waals surface area contributed by atoms with Gasteiger partial charge in [0.2, 0.25) is 0 Å². The van der Waals surface area contributed by atoms with Crippen molar-refractivity contribution in [3.8, 4) is 0 Å². The van der Waals surface area contributed by atoms with Gasteiger partial charge in [-0.2, -0.15) is 0 Å². The van der Waals surface area contributed by atoms with Gasteiger partial charge in [-0.15, -0.1) is 0 Å². The van der Waals surface area contributed by atoms with E-state index in [-0.39, 0.29) is 0 Å². The topological polar surface area (TPSA) is 17.1 Å². The molecule has 1 atom stereocenters. The molecule has 0 N–H and O–H groups in total. The third-order valence-electron chi connectivity index (χ3n) is 2.47. The number of carbonyl (C=O) groups is 1. The summed E-state index contributed by atoms with van der Waals surface area (Å²) < 4.78 is 0. The molecule has 0 saturated carbocycles. The first-order valence-corrected chi connectivity index (χ1v) is 3.90. The van der Waals surface area contributed by atoms with Crippen LogP contribution < -0.4 is 0 Å². The maximum absolute atomic E-state index is 10.5. The second-order valence-corrected chi connectivity index (χ2v) is 2.95. The minimum atomic E-state index is 0.556. The normalized spacial score (nSPS) is 30.6. The van der Waals surface area contributed by atoms with Gasteiger partial charge in [0, 0.05) is 11.5 Å². The van der Waals surface area contributed by atoms with Crippen molar-refractivity contribution in [1.29, 1.82) is 0 Å². The van der Waals surface area contributed by atoms with Crippen LogP contribution in [0.15, 0.2) is 34.9 Å². The van der Waals surface area contributed by atoms with Gasteiger partial charge < -0.3 is 0 Å². The molecule has 1 nitrogen and oxygen atoms in total. The van der Waals surface area contributed by atoms with Crippen molar-refractivity contribution in [1.82, 2.24) is 0 Å².